The Morgan fingerprint density at radius 2 is 0.967 bits per heavy atom. The van der Waals surface area contributed by atoms with Gasteiger partial charge >= 0.3 is 0 Å². The molecule has 0 radical (unpaired) electrons. The van der Waals surface area contributed by atoms with Crippen molar-refractivity contribution in [3.05, 3.63) is 231 Å². The highest BCUT2D eigenvalue weighted by atomic mass is 16.3. The van der Waals surface area contributed by atoms with Gasteiger partial charge in [0, 0.05) is 44.0 Å². The van der Waals surface area contributed by atoms with Crippen LogP contribution in [0.2, 0.25) is 0 Å². The fraction of sp³-hybridized carbons (Fsp3) is 0. The van der Waals surface area contributed by atoms with E-state index in [1.807, 2.05) is 6.07 Å². The van der Waals surface area contributed by atoms with Crippen molar-refractivity contribution in [2.75, 3.05) is 4.90 Å². The van der Waals surface area contributed by atoms with E-state index in [0.717, 1.165) is 78.0 Å². The van der Waals surface area contributed by atoms with E-state index >= 15 is 0 Å². The molecular weight excluding hydrogens is 741 g/mol. The monoisotopic (exact) mass is 778 g/mol. The Morgan fingerprint density at radius 1 is 0.361 bits per heavy atom. The van der Waals surface area contributed by atoms with Crippen molar-refractivity contribution in [1.82, 2.24) is 4.57 Å². The standard InChI is InChI=1S/C58H38N2O/c1-3-18-40(19-4-1)51-38-42(36-37-45(51)44-28-15-21-39-20-7-8-24-43(39)44)60(52-31-12-9-25-46(52)48-29-16-30-49-47-26-11-14-35-56(47)61-58(48)49)55-34-17-33-54-57(55)50-27-10-13-32-53(50)59(54)41-22-5-2-6-23-41/h1-38H. The SMILES string of the molecule is c1ccc(-c2cc(N(c3ccccc3-c3cccc4c3oc3ccccc34)c3cccc4c3c3ccccc3n4-c3ccccc3)ccc2-c2cccc3ccccc23)cc1. The number of benzene rings is 10. The van der Waals surface area contributed by atoms with Crippen molar-refractivity contribution >= 4 is 71.6 Å². The van der Waals surface area contributed by atoms with E-state index in [0.29, 0.717) is 0 Å². The van der Waals surface area contributed by atoms with Gasteiger partial charge in [0.2, 0.25) is 0 Å². The van der Waals surface area contributed by atoms with Gasteiger partial charge in [-0.3, -0.25) is 0 Å². The Morgan fingerprint density at radius 3 is 1.85 bits per heavy atom. The maximum absolute atomic E-state index is 6.72. The minimum atomic E-state index is 0.881. The number of para-hydroxylation sites is 5. The summed E-state index contributed by atoms with van der Waals surface area (Å²) in [5, 5.41) is 7.04. The van der Waals surface area contributed by atoms with Crippen LogP contribution in [-0.2, 0) is 0 Å². The van der Waals surface area contributed by atoms with Crippen molar-refractivity contribution in [2.24, 2.45) is 0 Å². The van der Waals surface area contributed by atoms with Gasteiger partial charge in [0.1, 0.15) is 11.2 Å². The molecule has 0 aliphatic heterocycles. The van der Waals surface area contributed by atoms with Crippen molar-refractivity contribution < 1.29 is 4.42 Å². The normalized spacial score (nSPS) is 11.6. The van der Waals surface area contributed by atoms with Gasteiger partial charge in [0.15, 0.2) is 0 Å². The molecule has 2 aromatic heterocycles. The van der Waals surface area contributed by atoms with Crippen LogP contribution in [-0.4, -0.2) is 4.57 Å². The molecule has 3 heteroatoms. The fourth-order valence-corrected chi connectivity index (χ4v) is 9.53. The summed E-state index contributed by atoms with van der Waals surface area (Å²) in [4.78, 5) is 2.47. The van der Waals surface area contributed by atoms with Crippen LogP contribution in [0.1, 0.15) is 0 Å². The molecule has 0 unspecified atom stereocenters. The molecule has 0 saturated carbocycles. The number of aromatic nitrogens is 1. The van der Waals surface area contributed by atoms with Crippen LogP contribution < -0.4 is 4.90 Å². The quantitative estimate of drug-likeness (QED) is 0.161. The highest BCUT2D eigenvalue weighted by Crippen LogP contribution is 2.49. The molecule has 286 valence electrons. The summed E-state index contributed by atoms with van der Waals surface area (Å²) in [6, 6.07) is 83.0. The molecule has 0 amide bonds. The minimum Gasteiger partial charge on any atom is -0.455 e. The molecule has 3 nitrogen and oxygen atoms in total. The smallest absolute Gasteiger partial charge is 0.143 e. The van der Waals surface area contributed by atoms with E-state index in [-0.39, 0.29) is 0 Å². The number of fused-ring (bicyclic) bond motifs is 7. The van der Waals surface area contributed by atoms with E-state index in [1.165, 1.54) is 32.7 Å². The van der Waals surface area contributed by atoms with Crippen molar-refractivity contribution in [1.29, 1.82) is 0 Å². The molecule has 12 aromatic rings. The molecule has 12 rings (SSSR count). The fourth-order valence-electron chi connectivity index (χ4n) is 9.53. The highest BCUT2D eigenvalue weighted by Gasteiger charge is 2.25. The maximum Gasteiger partial charge on any atom is 0.143 e. The number of furan rings is 1. The first-order valence-corrected chi connectivity index (χ1v) is 20.9. The number of nitrogens with zero attached hydrogens (tertiary/aromatic N) is 2. The Hall–Kier alpha value is -8.14. The van der Waals surface area contributed by atoms with Crippen LogP contribution in [0.3, 0.4) is 0 Å². The first-order valence-electron chi connectivity index (χ1n) is 20.9. The maximum atomic E-state index is 6.72. The van der Waals surface area contributed by atoms with E-state index < -0.39 is 0 Å². The summed E-state index contributed by atoms with van der Waals surface area (Å²) in [7, 11) is 0. The van der Waals surface area contributed by atoms with Gasteiger partial charge < -0.3 is 13.9 Å². The molecule has 10 aromatic carbocycles. The van der Waals surface area contributed by atoms with Crippen molar-refractivity contribution in [3.8, 4) is 39.1 Å². The summed E-state index contributed by atoms with van der Waals surface area (Å²) < 4.78 is 9.11. The molecule has 0 aliphatic rings. The number of hydrogen-bond acceptors (Lipinski definition) is 2. The number of anilines is 3. The molecule has 0 bridgehead atoms. The van der Waals surface area contributed by atoms with Crippen LogP contribution in [0.25, 0.3) is 93.6 Å². The second kappa shape index (κ2) is 14.3. The largest absolute Gasteiger partial charge is 0.455 e. The zero-order valence-electron chi connectivity index (χ0n) is 33.2. The van der Waals surface area contributed by atoms with E-state index in [1.54, 1.807) is 0 Å². The third-order valence-electron chi connectivity index (χ3n) is 12.2. The summed E-state index contributed by atoms with van der Waals surface area (Å²) >= 11 is 0. The van der Waals surface area contributed by atoms with E-state index in [9.17, 15) is 0 Å². The predicted molar refractivity (Wildman–Crippen MR) is 257 cm³/mol. The third-order valence-corrected chi connectivity index (χ3v) is 12.2. The van der Waals surface area contributed by atoms with Gasteiger partial charge in [-0.05, 0) is 87.6 Å². The van der Waals surface area contributed by atoms with Gasteiger partial charge in [-0.15, -0.1) is 0 Å². The molecule has 2 heterocycles. The summed E-state index contributed by atoms with van der Waals surface area (Å²) in [6.45, 7) is 0. The second-order valence-corrected chi connectivity index (χ2v) is 15.6. The van der Waals surface area contributed by atoms with E-state index in [4.69, 9.17) is 4.42 Å². The molecule has 0 fully saturated rings. The molecule has 0 spiro atoms. The van der Waals surface area contributed by atoms with Gasteiger partial charge in [-0.2, -0.15) is 0 Å². The van der Waals surface area contributed by atoms with E-state index in [2.05, 4.69) is 234 Å². The summed E-state index contributed by atoms with van der Waals surface area (Å²) in [5.74, 6) is 0. The summed E-state index contributed by atoms with van der Waals surface area (Å²) in [6.07, 6.45) is 0. The molecule has 0 atom stereocenters. The molecule has 0 N–H and O–H groups in total. The lowest BCUT2D eigenvalue weighted by Gasteiger charge is -2.30. The zero-order chi connectivity index (χ0) is 40.3. The van der Waals surface area contributed by atoms with Gasteiger partial charge in [-0.1, -0.05) is 176 Å². The lowest BCUT2D eigenvalue weighted by atomic mass is 9.90. The van der Waals surface area contributed by atoms with Gasteiger partial charge in [0.05, 0.1) is 22.4 Å². The number of rotatable bonds is 7. The van der Waals surface area contributed by atoms with Crippen molar-refractivity contribution in [3.63, 3.8) is 0 Å². The molecule has 0 saturated heterocycles. The third kappa shape index (κ3) is 5.66. The van der Waals surface area contributed by atoms with Gasteiger partial charge in [0.25, 0.3) is 0 Å². The molecule has 61 heavy (non-hydrogen) atoms. The highest BCUT2D eigenvalue weighted by molar-refractivity contribution is 6.18. The predicted octanol–water partition coefficient (Wildman–Crippen LogP) is 16.3. The molecular formula is C58H38N2O. The van der Waals surface area contributed by atoms with Crippen LogP contribution >= 0.6 is 0 Å². The summed E-state index contributed by atoms with van der Waals surface area (Å²) in [5.41, 5.74) is 15.2. The van der Waals surface area contributed by atoms with Gasteiger partial charge in [-0.25, -0.2) is 0 Å². The van der Waals surface area contributed by atoms with Crippen molar-refractivity contribution in [2.45, 2.75) is 0 Å². The Bertz CT molecular complexity index is 3590. The molecule has 0 aliphatic carbocycles. The zero-order valence-corrected chi connectivity index (χ0v) is 33.2. The first kappa shape index (κ1) is 34.9. The topological polar surface area (TPSA) is 21.3 Å². The lowest BCUT2D eigenvalue weighted by Crippen LogP contribution is -2.12. The lowest BCUT2D eigenvalue weighted by molar-refractivity contribution is 0.670. The van der Waals surface area contributed by atoms with Crippen LogP contribution in [0.15, 0.2) is 235 Å². The Kier molecular flexibility index (Phi) is 8.17. The Labute approximate surface area is 353 Å². The van der Waals surface area contributed by atoms with Crippen LogP contribution in [0.5, 0.6) is 0 Å². The Balaban J connectivity index is 1.18. The first-order chi connectivity index (χ1) is 30.3. The average Bonchev–Trinajstić information content (AvgIpc) is 3.89. The number of hydrogen-bond donors (Lipinski definition) is 0. The minimum absolute atomic E-state index is 0.881. The average molecular weight is 779 g/mol. The second-order valence-electron chi connectivity index (χ2n) is 15.6. The van der Waals surface area contributed by atoms with Crippen LogP contribution in [0, 0.1) is 0 Å². The van der Waals surface area contributed by atoms with Crippen LogP contribution in [0.4, 0.5) is 17.1 Å².